The molecule has 2 aliphatic rings. The molecule has 108 valence electrons. The zero-order valence-electron chi connectivity index (χ0n) is 11.6. The molecule has 3 nitrogen and oxygen atoms in total. The molecule has 2 fully saturated rings. The molecule has 0 aromatic heterocycles. The van der Waals surface area contributed by atoms with E-state index >= 15 is 0 Å². The first kappa shape index (κ1) is 13.6. The van der Waals surface area contributed by atoms with Gasteiger partial charge in [-0.3, -0.25) is 4.79 Å². The van der Waals surface area contributed by atoms with Crippen molar-refractivity contribution in [2.45, 2.75) is 50.1 Å². The van der Waals surface area contributed by atoms with Gasteiger partial charge in [0, 0.05) is 11.6 Å². The highest BCUT2D eigenvalue weighted by molar-refractivity contribution is 5.78. The van der Waals surface area contributed by atoms with Gasteiger partial charge in [-0.15, -0.1) is 0 Å². The fraction of sp³-hybridized carbons (Fsp3) is 0.562. The fourth-order valence-corrected chi connectivity index (χ4v) is 3.38. The van der Waals surface area contributed by atoms with E-state index in [1.165, 1.54) is 31.4 Å². The Kier molecular flexibility index (Phi) is 3.74. The van der Waals surface area contributed by atoms with Gasteiger partial charge in [0.2, 0.25) is 5.91 Å². The molecular weight excluding hydrogens is 255 g/mol. The lowest BCUT2D eigenvalue weighted by Crippen LogP contribution is -2.59. The van der Waals surface area contributed by atoms with E-state index < -0.39 is 0 Å². The number of amides is 1. The molecule has 4 heteroatoms. The molecule has 2 N–H and O–H groups in total. The quantitative estimate of drug-likeness (QED) is 0.888. The van der Waals surface area contributed by atoms with Gasteiger partial charge in [0.15, 0.2) is 0 Å². The highest BCUT2D eigenvalue weighted by atomic mass is 19.1. The van der Waals surface area contributed by atoms with Crippen molar-refractivity contribution in [1.82, 2.24) is 10.6 Å². The van der Waals surface area contributed by atoms with Crippen LogP contribution in [0.5, 0.6) is 0 Å². The summed E-state index contributed by atoms with van der Waals surface area (Å²) in [5.41, 5.74) is 1.02. The summed E-state index contributed by atoms with van der Waals surface area (Å²) in [5.74, 6) is -0.289. The van der Waals surface area contributed by atoms with Crippen LogP contribution in [0.25, 0.3) is 0 Å². The molecule has 1 heterocycles. The van der Waals surface area contributed by atoms with Gasteiger partial charge in [0.25, 0.3) is 0 Å². The third kappa shape index (κ3) is 3.01. The molecule has 1 unspecified atom stereocenters. The molecule has 20 heavy (non-hydrogen) atoms. The summed E-state index contributed by atoms with van der Waals surface area (Å²) in [4.78, 5) is 12.1. The highest BCUT2D eigenvalue weighted by Gasteiger charge is 2.41. The van der Waals surface area contributed by atoms with Gasteiger partial charge in [-0.2, -0.15) is 0 Å². The number of piperidine rings is 1. The number of nitrogens with one attached hydrogen (secondary N) is 2. The monoisotopic (exact) mass is 276 g/mol. The van der Waals surface area contributed by atoms with Gasteiger partial charge < -0.3 is 10.6 Å². The second-order valence-electron chi connectivity index (χ2n) is 6.12. The van der Waals surface area contributed by atoms with E-state index in [2.05, 4.69) is 10.6 Å². The Morgan fingerprint density at radius 3 is 3.00 bits per heavy atom. The number of halogens is 1. The van der Waals surface area contributed by atoms with Crippen LogP contribution >= 0.6 is 0 Å². The first-order valence-corrected chi connectivity index (χ1v) is 7.44. The van der Waals surface area contributed by atoms with Gasteiger partial charge in [-0.25, -0.2) is 4.39 Å². The van der Waals surface area contributed by atoms with Crippen molar-refractivity contribution < 1.29 is 9.18 Å². The lowest BCUT2D eigenvalue weighted by atomic mass is 9.70. The molecule has 0 radical (unpaired) electrons. The number of benzene rings is 1. The summed E-state index contributed by atoms with van der Waals surface area (Å²) in [6, 6.07) is 6.52. The van der Waals surface area contributed by atoms with E-state index in [4.69, 9.17) is 0 Å². The van der Waals surface area contributed by atoms with Gasteiger partial charge in [-0.1, -0.05) is 12.1 Å². The van der Waals surface area contributed by atoms with Gasteiger partial charge >= 0.3 is 0 Å². The summed E-state index contributed by atoms with van der Waals surface area (Å²) in [5, 5.41) is 6.70. The first-order valence-electron chi connectivity index (χ1n) is 7.44. The average molecular weight is 276 g/mol. The third-order valence-corrected chi connectivity index (χ3v) is 4.56. The standard InChI is InChI=1S/C16H21FN2O/c17-13-4-1-3-12(9-13)10-15(20)19-14-5-8-18-16(11-14)6-2-7-16/h1,3-4,9,14,18H,2,5-8,10-11H2,(H,19,20). The van der Waals surface area contributed by atoms with Crippen molar-refractivity contribution in [2.24, 2.45) is 0 Å². The van der Waals surface area contributed by atoms with E-state index in [1.54, 1.807) is 12.1 Å². The summed E-state index contributed by atoms with van der Waals surface area (Å²) < 4.78 is 13.1. The van der Waals surface area contributed by atoms with Crippen LogP contribution in [0.1, 0.15) is 37.7 Å². The third-order valence-electron chi connectivity index (χ3n) is 4.56. The maximum Gasteiger partial charge on any atom is 0.224 e. The fourth-order valence-electron chi connectivity index (χ4n) is 3.38. The lowest BCUT2D eigenvalue weighted by molar-refractivity contribution is -0.121. The van der Waals surface area contributed by atoms with E-state index in [0.717, 1.165) is 24.9 Å². The van der Waals surface area contributed by atoms with Crippen LogP contribution in [0.2, 0.25) is 0 Å². The molecule has 1 amide bonds. The summed E-state index contributed by atoms with van der Waals surface area (Å²) >= 11 is 0. The van der Waals surface area contributed by atoms with Crippen molar-refractivity contribution in [3.05, 3.63) is 35.6 Å². The molecule has 1 saturated carbocycles. The Labute approximate surface area is 118 Å². The molecule has 0 bridgehead atoms. The van der Waals surface area contributed by atoms with Crippen molar-refractivity contribution >= 4 is 5.91 Å². The predicted molar refractivity (Wildman–Crippen MR) is 75.9 cm³/mol. The van der Waals surface area contributed by atoms with Crippen LogP contribution in [0, 0.1) is 5.82 Å². The number of hydrogen-bond donors (Lipinski definition) is 2. The Hall–Kier alpha value is -1.42. The van der Waals surface area contributed by atoms with E-state index in [9.17, 15) is 9.18 Å². The van der Waals surface area contributed by atoms with E-state index in [-0.39, 0.29) is 29.7 Å². The number of carbonyl (C=O) groups is 1. The minimum absolute atomic E-state index is 0.00280. The normalized spacial score (nSPS) is 24.1. The van der Waals surface area contributed by atoms with Gasteiger partial charge in [-0.05, 0) is 56.3 Å². The number of rotatable bonds is 3. The largest absolute Gasteiger partial charge is 0.353 e. The first-order chi connectivity index (χ1) is 9.65. The average Bonchev–Trinajstić information content (AvgIpc) is 2.37. The maximum absolute atomic E-state index is 13.1. The Morgan fingerprint density at radius 2 is 2.30 bits per heavy atom. The molecule has 1 aliphatic heterocycles. The highest BCUT2D eigenvalue weighted by Crippen LogP contribution is 2.38. The minimum atomic E-state index is -0.286. The van der Waals surface area contributed by atoms with Crippen LogP contribution in [-0.4, -0.2) is 24.0 Å². The van der Waals surface area contributed by atoms with E-state index in [0.29, 0.717) is 0 Å². The topological polar surface area (TPSA) is 41.1 Å². The predicted octanol–water partition coefficient (Wildman–Crippen LogP) is 2.16. The van der Waals surface area contributed by atoms with Crippen molar-refractivity contribution in [2.75, 3.05) is 6.54 Å². The molecule has 1 saturated heterocycles. The van der Waals surface area contributed by atoms with E-state index in [1.807, 2.05) is 0 Å². The second kappa shape index (κ2) is 5.52. The molecule has 3 rings (SSSR count). The SMILES string of the molecule is O=C(Cc1cccc(F)c1)NC1CCNC2(CCC2)C1. The Bertz CT molecular complexity index is 499. The summed E-state index contributed by atoms with van der Waals surface area (Å²) in [7, 11) is 0. The summed E-state index contributed by atoms with van der Waals surface area (Å²) in [6.07, 6.45) is 6.01. The number of hydrogen-bond acceptors (Lipinski definition) is 2. The Balaban J connectivity index is 1.53. The van der Waals surface area contributed by atoms with Crippen LogP contribution in [0.15, 0.2) is 24.3 Å². The van der Waals surface area contributed by atoms with Crippen LogP contribution < -0.4 is 10.6 Å². The Morgan fingerprint density at radius 1 is 1.45 bits per heavy atom. The maximum atomic E-state index is 13.1. The van der Waals surface area contributed by atoms with Crippen LogP contribution in [-0.2, 0) is 11.2 Å². The summed E-state index contributed by atoms with van der Waals surface area (Å²) in [6.45, 7) is 0.977. The second-order valence-corrected chi connectivity index (χ2v) is 6.12. The lowest BCUT2D eigenvalue weighted by Gasteiger charge is -2.48. The molecular formula is C16H21FN2O. The molecule has 1 spiro atoms. The van der Waals surface area contributed by atoms with Crippen molar-refractivity contribution in [3.63, 3.8) is 0 Å². The molecule has 1 aromatic rings. The number of carbonyl (C=O) groups excluding carboxylic acids is 1. The van der Waals surface area contributed by atoms with Crippen LogP contribution in [0.3, 0.4) is 0 Å². The molecule has 1 aliphatic carbocycles. The smallest absolute Gasteiger partial charge is 0.224 e. The van der Waals surface area contributed by atoms with Gasteiger partial charge in [0.05, 0.1) is 6.42 Å². The molecule has 1 aromatic carbocycles. The van der Waals surface area contributed by atoms with Gasteiger partial charge in [0.1, 0.15) is 5.82 Å². The van der Waals surface area contributed by atoms with Crippen molar-refractivity contribution in [1.29, 1.82) is 0 Å². The minimum Gasteiger partial charge on any atom is -0.353 e. The zero-order chi connectivity index (χ0) is 14.0. The van der Waals surface area contributed by atoms with Crippen molar-refractivity contribution in [3.8, 4) is 0 Å². The van der Waals surface area contributed by atoms with Crippen LogP contribution in [0.4, 0.5) is 4.39 Å². The zero-order valence-corrected chi connectivity index (χ0v) is 11.6. The molecule has 1 atom stereocenters.